The van der Waals surface area contributed by atoms with Gasteiger partial charge in [0.1, 0.15) is 0 Å². The predicted molar refractivity (Wildman–Crippen MR) is 63.3 cm³/mol. The van der Waals surface area contributed by atoms with Gasteiger partial charge in [-0.3, -0.25) is 4.79 Å². The average Bonchev–Trinajstić information content (AvgIpc) is 2.26. The van der Waals surface area contributed by atoms with Crippen LogP contribution in [-0.2, 0) is 9.53 Å². The first kappa shape index (κ1) is 15.3. The van der Waals surface area contributed by atoms with Gasteiger partial charge in [0, 0.05) is 26.3 Å². The van der Waals surface area contributed by atoms with E-state index in [2.05, 4.69) is 10.6 Å². The van der Waals surface area contributed by atoms with Gasteiger partial charge < -0.3 is 20.5 Å². The van der Waals surface area contributed by atoms with E-state index in [0.29, 0.717) is 13.2 Å². The quantitative estimate of drug-likeness (QED) is 0.485. The zero-order valence-electron chi connectivity index (χ0n) is 10.5. The van der Waals surface area contributed by atoms with Crippen LogP contribution < -0.4 is 10.6 Å². The number of amides is 1. The molecule has 0 rings (SSSR count). The lowest BCUT2D eigenvalue weighted by Gasteiger charge is -2.19. The third-order valence-electron chi connectivity index (χ3n) is 2.33. The highest BCUT2D eigenvalue weighted by atomic mass is 16.5. The number of carbonyl (C=O) groups is 1. The van der Waals surface area contributed by atoms with Crippen LogP contribution in [0.2, 0.25) is 0 Å². The third kappa shape index (κ3) is 7.62. The monoisotopic (exact) mass is 232 g/mol. The number of nitrogens with one attached hydrogen (secondary N) is 2. The highest BCUT2D eigenvalue weighted by molar-refractivity contribution is 5.81. The molecule has 0 aromatic rings. The fourth-order valence-corrected chi connectivity index (χ4v) is 1.41. The summed E-state index contributed by atoms with van der Waals surface area (Å²) in [5, 5.41) is 14.6. The highest BCUT2D eigenvalue weighted by Gasteiger charge is 2.14. The topological polar surface area (TPSA) is 70.6 Å². The van der Waals surface area contributed by atoms with E-state index < -0.39 is 0 Å². The summed E-state index contributed by atoms with van der Waals surface area (Å²) in [4.78, 5) is 11.5. The summed E-state index contributed by atoms with van der Waals surface area (Å²) in [7, 11) is 1.60. The van der Waals surface area contributed by atoms with Gasteiger partial charge in [0.2, 0.25) is 5.91 Å². The molecule has 16 heavy (non-hydrogen) atoms. The summed E-state index contributed by atoms with van der Waals surface area (Å²) in [5.41, 5.74) is 0. The Labute approximate surface area is 97.6 Å². The number of aliphatic hydroxyl groups excluding tert-OH is 1. The number of carbonyl (C=O) groups excluding carboxylic acids is 1. The van der Waals surface area contributed by atoms with Crippen LogP contribution in [0.5, 0.6) is 0 Å². The summed E-state index contributed by atoms with van der Waals surface area (Å²) in [5.74, 6) is -0.0205. The fraction of sp³-hybridized carbons (Fsp3) is 0.909. The molecule has 0 saturated heterocycles. The van der Waals surface area contributed by atoms with Crippen molar-refractivity contribution >= 4 is 5.91 Å². The molecular formula is C11H24N2O3. The Kier molecular flexibility index (Phi) is 9.18. The molecule has 2 unspecified atom stereocenters. The molecule has 0 fully saturated rings. The van der Waals surface area contributed by atoms with Gasteiger partial charge in [-0.2, -0.15) is 0 Å². The minimum Gasteiger partial charge on any atom is -0.396 e. The van der Waals surface area contributed by atoms with Crippen molar-refractivity contribution < 1.29 is 14.6 Å². The van der Waals surface area contributed by atoms with Crippen LogP contribution in [0.3, 0.4) is 0 Å². The Balaban J connectivity index is 3.68. The van der Waals surface area contributed by atoms with Gasteiger partial charge in [0.05, 0.1) is 12.6 Å². The molecule has 0 aliphatic rings. The molecule has 0 bridgehead atoms. The van der Waals surface area contributed by atoms with E-state index in [1.807, 2.05) is 13.8 Å². The number of methoxy groups -OCH3 is 1. The summed E-state index contributed by atoms with van der Waals surface area (Å²) >= 11 is 0. The van der Waals surface area contributed by atoms with Crippen LogP contribution >= 0.6 is 0 Å². The Hall–Kier alpha value is -0.650. The van der Waals surface area contributed by atoms with E-state index >= 15 is 0 Å². The second-order valence-corrected chi connectivity index (χ2v) is 3.94. The Morgan fingerprint density at radius 2 is 2.12 bits per heavy atom. The van der Waals surface area contributed by atoms with E-state index in [1.165, 1.54) is 0 Å². The minimum absolute atomic E-state index is 0.0205. The zero-order valence-corrected chi connectivity index (χ0v) is 10.5. The van der Waals surface area contributed by atoms with Gasteiger partial charge in [0.15, 0.2) is 0 Å². The molecular weight excluding hydrogens is 208 g/mol. The van der Waals surface area contributed by atoms with Crippen LogP contribution in [0.1, 0.15) is 26.7 Å². The maximum atomic E-state index is 11.5. The van der Waals surface area contributed by atoms with Crippen molar-refractivity contribution in [2.24, 2.45) is 0 Å². The Morgan fingerprint density at radius 3 is 2.69 bits per heavy atom. The molecule has 0 aliphatic heterocycles. The second-order valence-electron chi connectivity index (χ2n) is 3.94. The van der Waals surface area contributed by atoms with Crippen molar-refractivity contribution in [1.82, 2.24) is 10.6 Å². The van der Waals surface area contributed by atoms with E-state index in [9.17, 15) is 4.79 Å². The smallest absolute Gasteiger partial charge is 0.236 e. The Bertz CT molecular complexity index is 188. The van der Waals surface area contributed by atoms with Gasteiger partial charge in [-0.25, -0.2) is 0 Å². The van der Waals surface area contributed by atoms with Gasteiger partial charge in [-0.15, -0.1) is 0 Å². The number of aliphatic hydroxyl groups is 1. The highest BCUT2D eigenvalue weighted by Crippen LogP contribution is 1.97. The molecule has 1 amide bonds. The molecule has 0 spiro atoms. The van der Waals surface area contributed by atoms with Crippen LogP contribution in [0.15, 0.2) is 0 Å². The number of rotatable bonds is 9. The van der Waals surface area contributed by atoms with Gasteiger partial charge >= 0.3 is 0 Å². The summed E-state index contributed by atoms with van der Waals surface area (Å²) in [6, 6.07) is 0.0147. The molecule has 5 nitrogen and oxygen atoms in total. The molecule has 5 heteroatoms. The summed E-state index contributed by atoms with van der Waals surface area (Å²) < 4.78 is 4.84. The van der Waals surface area contributed by atoms with E-state index in [-0.39, 0.29) is 24.6 Å². The predicted octanol–water partition coefficient (Wildman–Crippen LogP) is -0.112. The molecule has 0 radical (unpaired) electrons. The van der Waals surface area contributed by atoms with Crippen molar-refractivity contribution in [3.63, 3.8) is 0 Å². The van der Waals surface area contributed by atoms with Gasteiger partial charge in [-0.05, 0) is 26.7 Å². The van der Waals surface area contributed by atoms with Crippen molar-refractivity contribution in [2.45, 2.75) is 38.8 Å². The number of hydrogen-bond donors (Lipinski definition) is 3. The van der Waals surface area contributed by atoms with Crippen LogP contribution in [0, 0.1) is 0 Å². The minimum atomic E-state index is -0.217. The normalized spacial score (nSPS) is 14.5. The molecule has 0 aliphatic carbocycles. The molecule has 0 heterocycles. The van der Waals surface area contributed by atoms with Crippen molar-refractivity contribution in [2.75, 3.05) is 26.9 Å². The molecule has 0 aromatic heterocycles. The molecule has 96 valence electrons. The van der Waals surface area contributed by atoms with E-state index in [1.54, 1.807) is 7.11 Å². The van der Waals surface area contributed by atoms with E-state index in [0.717, 1.165) is 12.8 Å². The number of ether oxygens (including phenoxy) is 1. The largest absolute Gasteiger partial charge is 0.396 e. The zero-order chi connectivity index (χ0) is 12.4. The van der Waals surface area contributed by atoms with Gasteiger partial charge in [0.25, 0.3) is 0 Å². The standard InChI is InChI=1S/C11H24N2O3/c1-9(5-4-7-14)13-10(2)11(15)12-6-8-16-3/h9-10,13-14H,4-8H2,1-3H3,(H,12,15). The number of hydrogen-bond acceptors (Lipinski definition) is 4. The fourth-order valence-electron chi connectivity index (χ4n) is 1.41. The lowest BCUT2D eigenvalue weighted by molar-refractivity contribution is -0.123. The van der Waals surface area contributed by atoms with Crippen LogP contribution in [-0.4, -0.2) is 50.0 Å². The molecule has 0 saturated carbocycles. The molecule has 2 atom stereocenters. The van der Waals surface area contributed by atoms with Crippen molar-refractivity contribution in [1.29, 1.82) is 0 Å². The van der Waals surface area contributed by atoms with Crippen molar-refractivity contribution in [3.05, 3.63) is 0 Å². The Morgan fingerprint density at radius 1 is 1.44 bits per heavy atom. The lowest BCUT2D eigenvalue weighted by atomic mass is 10.1. The second kappa shape index (κ2) is 9.57. The van der Waals surface area contributed by atoms with E-state index in [4.69, 9.17) is 9.84 Å². The first-order valence-electron chi connectivity index (χ1n) is 5.75. The van der Waals surface area contributed by atoms with Crippen molar-refractivity contribution in [3.8, 4) is 0 Å². The molecule has 3 N–H and O–H groups in total. The third-order valence-corrected chi connectivity index (χ3v) is 2.33. The maximum Gasteiger partial charge on any atom is 0.236 e. The first-order chi connectivity index (χ1) is 7.61. The lowest BCUT2D eigenvalue weighted by Crippen LogP contribution is -2.46. The first-order valence-corrected chi connectivity index (χ1v) is 5.75. The average molecular weight is 232 g/mol. The van der Waals surface area contributed by atoms with Gasteiger partial charge in [-0.1, -0.05) is 0 Å². The van der Waals surface area contributed by atoms with Crippen LogP contribution in [0.4, 0.5) is 0 Å². The summed E-state index contributed by atoms with van der Waals surface area (Å²) in [6.07, 6.45) is 1.62. The van der Waals surface area contributed by atoms with Crippen LogP contribution in [0.25, 0.3) is 0 Å². The SMILES string of the molecule is COCCNC(=O)C(C)NC(C)CCCO. The maximum absolute atomic E-state index is 11.5. The summed E-state index contributed by atoms with van der Waals surface area (Å²) in [6.45, 7) is 5.09. The molecule has 0 aromatic carbocycles.